The van der Waals surface area contributed by atoms with Gasteiger partial charge in [-0.25, -0.2) is 4.39 Å². The van der Waals surface area contributed by atoms with E-state index in [1.54, 1.807) is 30.0 Å². The molecule has 104 valence electrons. The number of nitrogens with one attached hydrogen (secondary N) is 1. The first-order chi connectivity index (χ1) is 9.70. The van der Waals surface area contributed by atoms with Crippen molar-refractivity contribution in [2.45, 2.75) is 18.4 Å². The maximum Gasteiger partial charge on any atom is 0.252 e. The number of hydrogen-bond acceptors (Lipinski definition) is 2. The summed E-state index contributed by atoms with van der Waals surface area (Å²) < 4.78 is 13.1. The van der Waals surface area contributed by atoms with E-state index in [0.29, 0.717) is 12.1 Å². The zero-order valence-corrected chi connectivity index (χ0v) is 12.0. The van der Waals surface area contributed by atoms with Crippen LogP contribution in [0.4, 0.5) is 4.39 Å². The molecular formula is C16H16FNOS. The molecule has 0 unspecified atom stereocenters. The van der Waals surface area contributed by atoms with E-state index in [1.807, 2.05) is 25.1 Å². The molecule has 1 amide bonds. The molecule has 0 bridgehead atoms. The lowest BCUT2D eigenvalue weighted by Gasteiger charge is -2.09. The van der Waals surface area contributed by atoms with E-state index in [0.717, 1.165) is 16.2 Å². The molecule has 0 aliphatic carbocycles. The fourth-order valence-electron chi connectivity index (χ4n) is 1.86. The first-order valence-electron chi connectivity index (χ1n) is 6.45. The van der Waals surface area contributed by atoms with Crippen molar-refractivity contribution in [1.82, 2.24) is 5.32 Å². The van der Waals surface area contributed by atoms with Crippen LogP contribution in [0, 0.1) is 5.82 Å². The molecule has 0 radical (unpaired) electrons. The maximum absolute atomic E-state index is 13.1. The van der Waals surface area contributed by atoms with Crippen molar-refractivity contribution in [3.63, 3.8) is 0 Å². The van der Waals surface area contributed by atoms with E-state index in [9.17, 15) is 9.18 Å². The molecule has 20 heavy (non-hydrogen) atoms. The molecule has 4 heteroatoms. The molecule has 2 aromatic carbocycles. The number of benzene rings is 2. The average molecular weight is 289 g/mol. The van der Waals surface area contributed by atoms with Crippen LogP contribution in [0.3, 0.4) is 0 Å². The van der Waals surface area contributed by atoms with Gasteiger partial charge in [0.15, 0.2) is 0 Å². The third-order valence-electron chi connectivity index (χ3n) is 2.77. The van der Waals surface area contributed by atoms with Gasteiger partial charge in [0.1, 0.15) is 5.82 Å². The second-order valence-corrected chi connectivity index (χ2v) is 5.55. The van der Waals surface area contributed by atoms with E-state index in [-0.39, 0.29) is 11.7 Å². The molecule has 0 fully saturated rings. The van der Waals surface area contributed by atoms with Gasteiger partial charge in [-0.3, -0.25) is 4.79 Å². The lowest BCUT2D eigenvalue weighted by atomic mass is 10.2. The first kappa shape index (κ1) is 14.6. The number of amides is 1. The number of carbonyl (C=O) groups excluding carboxylic acids is 1. The Balaban J connectivity index is 2.05. The van der Waals surface area contributed by atoms with Crippen molar-refractivity contribution >= 4 is 17.7 Å². The second kappa shape index (κ2) is 7.10. The van der Waals surface area contributed by atoms with Gasteiger partial charge in [0.05, 0.1) is 5.56 Å². The van der Waals surface area contributed by atoms with Gasteiger partial charge in [0.2, 0.25) is 0 Å². The fraction of sp³-hybridized carbons (Fsp3) is 0.188. The van der Waals surface area contributed by atoms with Crippen LogP contribution in [-0.4, -0.2) is 11.7 Å². The van der Waals surface area contributed by atoms with E-state index < -0.39 is 0 Å². The van der Waals surface area contributed by atoms with Crippen LogP contribution in [0.5, 0.6) is 0 Å². The molecular weight excluding hydrogens is 273 g/mol. The topological polar surface area (TPSA) is 29.1 Å². The minimum atomic E-state index is -0.293. The summed E-state index contributed by atoms with van der Waals surface area (Å²) in [6, 6.07) is 13.7. The van der Waals surface area contributed by atoms with E-state index in [1.165, 1.54) is 12.1 Å². The van der Waals surface area contributed by atoms with Gasteiger partial charge >= 0.3 is 0 Å². The van der Waals surface area contributed by atoms with Crippen molar-refractivity contribution in [2.24, 2.45) is 0 Å². The maximum atomic E-state index is 13.1. The van der Waals surface area contributed by atoms with Crippen molar-refractivity contribution in [2.75, 3.05) is 5.75 Å². The van der Waals surface area contributed by atoms with Gasteiger partial charge in [-0.05, 0) is 35.6 Å². The van der Waals surface area contributed by atoms with Gasteiger partial charge in [0.25, 0.3) is 5.91 Å². The highest BCUT2D eigenvalue weighted by atomic mass is 32.2. The number of halogens is 1. The molecule has 0 aromatic heterocycles. The Labute approximate surface area is 122 Å². The van der Waals surface area contributed by atoms with Crippen LogP contribution in [-0.2, 0) is 6.54 Å². The first-order valence-corrected chi connectivity index (χ1v) is 7.43. The second-order valence-electron chi connectivity index (χ2n) is 4.24. The van der Waals surface area contributed by atoms with Crippen molar-refractivity contribution in [3.05, 3.63) is 65.5 Å². The molecule has 0 atom stereocenters. The van der Waals surface area contributed by atoms with Crippen LogP contribution in [0.15, 0.2) is 53.4 Å². The fourth-order valence-corrected chi connectivity index (χ4v) is 2.66. The van der Waals surface area contributed by atoms with Crippen molar-refractivity contribution in [1.29, 1.82) is 0 Å². The zero-order valence-electron chi connectivity index (χ0n) is 11.2. The molecule has 0 saturated heterocycles. The van der Waals surface area contributed by atoms with E-state index in [2.05, 4.69) is 5.32 Å². The summed E-state index contributed by atoms with van der Waals surface area (Å²) >= 11 is 1.63. The number of rotatable bonds is 5. The summed E-state index contributed by atoms with van der Waals surface area (Å²) in [5.74, 6) is 0.485. The zero-order chi connectivity index (χ0) is 14.4. The molecule has 0 aliphatic heterocycles. The summed E-state index contributed by atoms with van der Waals surface area (Å²) in [4.78, 5) is 13.1. The number of hydrogen-bond donors (Lipinski definition) is 1. The smallest absolute Gasteiger partial charge is 0.252 e. The third kappa shape index (κ3) is 3.84. The minimum Gasteiger partial charge on any atom is -0.348 e. The van der Waals surface area contributed by atoms with Crippen LogP contribution in [0.2, 0.25) is 0 Å². The Morgan fingerprint density at radius 2 is 2.00 bits per heavy atom. The highest BCUT2D eigenvalue weighted by molar-refractivity contribution is 7.99. The van der Waals surface area contributed by atoms with Gasteiger partial charge in [-0.1, -0.05) is 31.2 Å². The monoisotopic (exact) mass is 289 g/mol. The molecule has 0 spiro atoms. The van der Waals surface area contributed by atoms with Crippen molar-refractivity contribution in [3.8, 4) is 0 Å². The predicted octanol–water partition coefficient (Wildman–Crippen LogP) is 3.87. The quantitative estimate of drug-likeness (QED) is 0.847. The van der Waals surface area contributed by atoms with Gasteiger partial charge in [-0.2, -0.15) is 0 Å². The molecule has 0 aliphatic rings. The highest BCUT2D eigenvalue weighted by Gasteiger charge is 2.10. The van der Waals surface area contributed by atoms with Gasteiger partial charge in [0, 0.05) is 11.4 Å². The number of carbonyl (C=O) groups is 1. The van der Waals surface area contributed by atoms with Crippen LogP contribution in [0.1, 0.15) is 22.8 Å². The summed E-state index contributed by atoms with van der Waals surface area (Å²) in [6.45, 7) is 2.37. The lowest BCUT2D eigenvalue weighted by Crippen LogP contribution is -2.23. The minimum absolute atomic E-state index is 0.134. The molecule has 2 aromatic rings. The lowest BCUT2D eigenvalue weighted by molar-refractivity contribution is 0.0948. The van der Waals surface area contributed by atoms with E-state index in [4.69, 9.17) is 0 Å². The average Bonchev–Trinajstić information content (AvgIpc) is 2.46. The Morgan fingerprint density at radius 3 is 2.75 bits per heavy atom. The molecule has 1 N–H and O–H groups in total. The summed E-state index contributed by atoms with van der Waals surface area (Å²) in [5, 5.41) is 2.82. The summed E-state index contributed by atoms with van der Waals surface area (Å²) in [5.41, 5.74) is 1.41. The van der Waals surface area contributed by atoms with E-state index >= 15 is 0 Å². The third-order valence-corrected chi connectivity index (χ3v) is 3.73. The Bertz CT molecular complexity index is 601. The van der Waals surface area contributed by atoms with Gasteiger partial charge in [-0.15, -0.1) is 11.8 Å². The van der Waals surface area contributed by atoms with Gasteiger partial charge < -0.3 is 5.32 Å². The summed E-state index contributed by atoms with van der Waals surface area (Å²) in [7, 11) is 0. The largest absolute Gasteiger partial charge is 0.348 e. The van der Waals surface area contributed by atoms with Crippen LogP contribution < -0.4 is 5.32 Å². The SMILES string of the molecule is CCSc1ccccc1C(=O)NCc1cccc(F)c1. The standard InChI is InChI=1S/C16H16FNOS/c1-2-20-15-9-4-3-8-14(15)16(19)18-11-12-6-5-7-13(17)10-12/h3-10H,2,11H2,1H3,(H,18,19). The molecule has 2 nitrogen and oxygen atoms in total. The molecule has 0 saturated carbocycles. The molecule has 2 rings (SSSR count). The molecule has 0 heterocycles. The van der Waals surface area contributed by atoms with Crippen molar-refractivity contribution < 1.29 is 9.18 Å². The predicted molar refractivity (Wildman–Crippen MR) is 80.4 cm³/mol. The normalized spacial score (nSPS) is 10.3. The Kier molecular flexibility index (Phi) is 5.18. The number of thioether (sulfide) groups is 1. The highest BCUT2D eigenvalue weighted by Crippen LogP contribution is 2.22. The Morgan fingerprint density at radius 1 is 1.20 bits per heavy atom. The van der Waals surface area contributed by atoms with Crippen LogP contribution >= 0.6 is 11.8 Å². The summed E-state index contributed by atoms with van der Waals surface area (Å²) in [6.07, 6.45) is 0. The Hall–Kier alpha value is -1.81. The van der Waals surface area contributed by atoms with Crippen LogP contribution in [0.25, 0.3) is 0 Å².